The lowest BCUT2D eigenvalue weighted by molar-refractivity contribution is -0.176. The Morgan fingerprint density at radius 3 is 1.52 bits per heavy atom. The minimum absolute atomic E-state index is 0.207. The first-order chi connectivity index (χ1) is 15.9. The van der Waals surface area contributed by atoms with Crippen LogP contribution < -0.4 is 0 Å². The van der Waals surface area contributed by atoms with E-state index in [0.29, 0.717) is 12.8 Å². The number of allylic oxidation sites excluding steroid dienone is 4. The molecule has 0 amide bonds. The lowest BCUT2D eigenvalue weighted by atomic mass is 9.78. The predicted molar refractivity (Wildman–Crippen MR) is 130 cm³/mol. The van der Waals surface area contributed by atoms with Crippen molar-refractivity contribution >= 4 is 11.9 Å². The molecule has 2 saturated carbocycles. The molecule has 0 aromatic heterocycles. The molecule has 4 heteroatoms. The zero-order valence-corrected chi connectivity index (χ0v) is 20.8. The smallest absolute Gasteiger partial charge is 0.310 e. The summed E-state index contributed by atoms with van der Waals surface area (Å²) in [5.41, 5.74) is 1.37. The number of esters is 2. The molecule has 0 aromatic carbocycles. The van der Waals surface area contributed by atoms with Gasteiger partial charge in [-0.15, -0.1) is 0 Å². The van der Waals surface area contributed by atoms with Crippen molar-refractivity contribution in [2.45, 2.75) is 96.7 Å². The average Bonchev–Trinajstić information content (AvgIpc) is 3.47. The maximum absolute atomic E-state index is 13.5. The van der Waals surface area contributed by atoms with E-state index in [4.69, 9.17) is 9.47 Å². The molecular weight excluding hydrogens is 412 g/mol. The first kappa shape index (κ1) is 24.0. The van der Waals surface area contributed by atoms with Crippen molar-refractivity contribution in [3.05, 3.63) is 47.6 Å². The number of fused-ring (bicyclic) bond motifs is 2. The molecule has 0 spiro atoms. The van der Waals surface area contributed by atoms with Gasteiger partial charge in [0.1, 0.15) is 11.2 Å². The van der Waals surface area contributed by atoms with Gasteiger partial charge in [0.2, 0.25) is 0 Å². The number of rotatable bonds is 8. The van der Waals surface area contributed by atoms with Crippen LogP contribution in [0, 0.1) is 23.7 Å². The monoisotopic (exact) mass is 452 g/mol. The van der Waals surface area contributed by atoms with Crippen molar-refractivity contribution in [3.8, 4) is 0 Å². The van der Waals surface area contributed by atoms with Crippen LogP contribution in [0.2, 0.25) is 0 Å². The molecule has 2 bridgehead atoms. The Morgan fingerprint density at radius 1 is 0.788 bits per heavy atom. The molecule has 0 heterocycles. The molecular formula is C29H40O4. The molecule has 0 aromatic rings. The van der Waals surface area contributed by atoms with Gasteiger partial charge in [-0.05, 0) is 68.9 Å². The van der Waals surface area contributed by atoms with E-state index in [0.717, 1.165) is 44.9 Å². The van der Waals surface area contributed by atoms with Gasteiger partial charge in [-0.25, -0.2) is 0 Å². The van der Waals surface area contributed by atoms with E-state index in [1.54, 1.807) is 0 Å². The van der Waals surface area contributed by atoms with E-state index in [1.807, 2.05) is 0 Å². The van der Waals surface area contributed by atoms with Crippen LogP contribution in [0.4, 0.5) is 0 Å². The lowest BCUT2D eigenvalue weighted by Gasteiger charge is -2.37. The molecule has 2 fully saturated rings. The molecule has 0 N–H and O–H groups in total. The second-order valence-electron chi connectivity index (χ2n) is 10.4. The summed E-state index contributed by atoms with van der Waals surface area (Å²) in [5.74, 6) is -0.715. The Bertz CT molecular complexity index is 821. The summed E-state index contributed by atoms with van der Waals surface area (Å²) >= 11 is 0. The minimum atomic E-state index is -0.593. The van der Waals surface area contributed by atoms with Crippen LogP contribution >= 0.6 is 0 Å². The maximum Gasteiger partial charge on any atom is 0.310 e. The highest BCUT2D eigenvalue weighted by atomic mass is 16.6. The highest BCUT2D eigenvalue weighted by Crippen LogP contribution is 2.54. The van der Waals surface area contributed by atoms with Gasteiger partial charge >= 0.3 is 11.9 Å². The van der Waals surface area contributed by atoms with E-state index in [2.05, 4.69) is 64.2 Å². The Hall–Kier alpha value is -2.10. The van der Waals surface area contributed by atoms with Crippen LogP contribution in [-0.4, -0.2) is 23.1 Å². The van der Waals surface area contributed by atoms with Crippen LogP contribution in [0.5, 0.6) is 0 Å². The van der Waals surface area contributed by atoms with E-state index >= 15 is 0 Å². The highest BCUT2D eigenvalue weighted by Gasteiger charge is 2.56. The summed E-state index contributed by atoms with van der Waals surface area (Å²) in [5, 5.41) is 0. The summed E-state index contributed by atoms with van der Waals surface area (Å²) in [4.78, 5) is 27.1. The highest BCUT2D eigenvalue weighted by molar-refractivity contribution is 5.84. The van der Waals surface area contributed by atoms with Crippen LogP contribution in [0.1, 0.15) is 85.5 Å². The average molecular weight is 453 g/mol. The standard InChI is InChI=1S/C29H40O4/c1-5-20-11-15-28(7-3,16-12-20)32-26(30)24-22-9-10-23(19-22)25(24)27(31)33-29(8-4)17-13-21(6-2)14-18-29/h11-15,17,22-25H,5-10,16,18-19H2,1-4H3. The second-order valence-corrected chi connectivity index (χ2v) is 10.4. The topological polar surface area (TPSA) is 52.6 Å². The SMILES string of the molecule is CCC1=CCC(CC)(OC(=O)C2C3CCC(C3)C2C(=O)OC2(CC)C=CC(CC)=CC2)C=C1. The van der Waals surface area contributed by atoms with E-state index in [1.165, 1.54) is 11.1 Å². The fraction of sp³-hybridized carbons (Fsp3) is 0.655. The first-order valence-corrected chi connectivity index (χ1v) is 13.1. The van der Waals surface area contributed by atoms with Gasteiger partial charge in [0, 0.05) is 12.8 Å². The third-order valence-electron chi connectivity index (χ3n) is 8.70. The van der Waals surface area contributed by atoms with Crippen LogP contribution in [-0.2, 0) is 19.1 Å². The first-order valence-electron chi connectivity index (χ1n) is 13.1. The van der Waals surface area contributed by atoms with Gasteiger partial charge < -0.3 is 9.47 Å². The van der Waals surface area contributed by atoms with Crippen LogP contribution in [0.3, 0.4) is 0 Å². The fourth-order valence-corrected chi connectivity index (χ4v) is 6.25. The molecule has 180 valence electrons. The number of carbonyl (C=O) groups excluding carboxylic acids is 2. The van der Waals surface area contributed by atoms with Gasteiger partial charge in [-0.3, -0.25) is 9.59 Å². The molecule has 0 radical (unpaired) electrons. The Labute approximate surface area is 199 Å². The van der Waals surface area contributed by atoms with Crippen molar-refractivity contribution in [1.82, 2.24) is 0 Å². The van der Waals surface area contributed by atoms with Gasteiger partial charge in [0.05, 0.1) is 11.8 Å². The third-order valence-corrected chi connectivity index (χ3v) is 8.70. The van der Waals surface area contributed by atoms with Crippen LogP contribution in [0.25, 0.3) is 0 Å². The van der Waals surface area contributed by atoms with Crippen molar-refractivity contribution in [1.29, 1.82) is 0 Å². The normalized spacial score (nSPS) is 37.0. The Morgan fingerprint density at radius 2 is 1.21 bits per heavy atom. The zero-order valence-electron chi connectivity index (χ0n) is 20.8. The van der Waals surface area contributed by atoms with Gasteiger partial charge in [0.25, 0.3) is 0 Å². The Balaban J connectivity index is 1.49. The van der Waals surface area contributed by atoms with E-state index in [9.17, 15) is 9.59 Å². The molecule has 0 aliphatic heterocycles. The molecule has 0 saturated heterocycles. The molecule has 4 aliphatic rings. The summed E-state index contributed by atoms with van der Waals surface area (Å²) in [6.07, 6.45) is 20.4. The minimum Gasteiger partial charge on any atom is -0.454 e. The summed E-state index contributed by atoms with van der Waals surface area (Å²) in [7, 11) is 0. The number of ether oxygens (including phenoxy) is 2. The van der Waals surface area contributed by atoms with Crippen molar-refractivity contribution in [2.75, 3.05) is 0 Å². The quantitative estimate of drug-likeness (QED) is 0.388. The van der Waals surface area contributed by atoms with Gasteiger partial charge in [0.15, 0.2) is 0 Å². The summed E-state index contributed by atoms with van der Waals surface area (Å²) in [6, 6.07) is 0. The largest absolute Gasteiger partial charge is 0.454 e. The predicted octanol–water partition coefficient (Wildman–Crippen LogP) is 6.63. The molecule has 4 nitrogen and oxygen atoms in total. The zero-order chi connectivity index (χ0) is 23.6. The van der Waals surface area contributed by atoms with E-state index in [-0.39, 0.29) is 35.6 Å². The molecule has 33 heavy (non-hydrogen) atoms. The Kier molecular flexibility index (Phi) is 7.02. The number of hydrogen-bond acceptors (Lipinski definition) is 4. The fourth-order valence-electron chi connectivity index (χ4n) is 6.25. The van der Waals surface area contributed by atoms with E-state index < -0.39 is 11.2 Å². The van der Waals surface area contributed by atoms with Crippen molar-refractivity contribution in [2.24, 2.45) is 23.7 Å². The van der Waals surface area contributed by atoms with Gasteiger partial charge in [-0.1, -0.05) is 63.1 Å². The number of carbonyl (C=O) groups is 2. The molecule has 6 atom stereocenters. The van der Waals surface area contributed by atoms with Crippen molar-refractivity contribution < 1.29 is 19.1 Å². The molecule has 4 rings (SSSR count). The lowest BCUT2D eigenvalue weighted by Crippen LogP contribution is -2.44. The third kappa shape index (κ3) is 4.63. The van der Waals surface area contributed by atoms with Gasteiger partial charge in [-0.2, -0.15) is 0 Å². The molecule has 4 aliphatic carbocycles. The number of hydrogen-bond donors (Lipinski definition) is 0. The van der Waals surface area contributed by atoms with Crippen LogP contribution in [0.15, 0.2) is 47.6 Å². The maximum atomic E-state index is 13.5. The second kappa shape index (κ2) is 9.64. The summed E-state index contributed by atoms with van der Waals surface area (Å²) < 4.78 is 12.4. The molecule has 6 unspecified atom stereocenters. The summed E-state index contributed by atoms with van der Waals surface area (Å²) in [6.45, 7) is 8.40. The van der Waals surface area contributed by atoms with Crippen molar-refractivity contribution in [3.63, 3.8) is 0 Å².